The molecule has 0 bridgehead atoms. The summed E-state index contributed by atoms with van der Waals surface area (Å²) >= 11 is 0. The first-order valence-corrected chi connectivity index (χ1v) is 11.8. The number of nitrogens with zero attached hydrogens (tertiary/aromatic N) is 2. The van der Waals surface area contributed by atoms with E-state index in [-0.39, 0.29) is 23.7 Å². The van der Waals surface area contributed by atoms with Crippen LogP contribution in [-0.4, -0.2) is 30.8 Å². The molecule has 2 aromatic carbocycles. The van der Waals surface area contributed by atoms with Crippen LogP contribution in [0.25, 0.3) is 0 Å². The fourth-order valence-electron chi connectivity index (χ4n) is 3.98. The van der Waals surface area contributed by atoms with Crippen LogP contribution in [0, 0.1) is 5.92 Å². The van der Waals surface area contributed by atoms with Gasteiger partial charge in [-0.2, -0.15) is 0 Å². The van der Waals surface area contributed by atoms with Crippen LogP contribution in [0.2, 0.25) is 0 Å². The van der Waals surface area contributed by atoms with Gasteiger partial charge in [0.1, 0.15) is 5.76 Å². The fourth-order valence-corrected chi connectivity index (χ4v) is 3.98. The van der Waals surface area contributed by atoms with Crippen LogP contribution >= 0.6 is 0 Å². The summed E-state index contributed by atoms with van der Waals surface area (Å²) in [5.41, 5.74) is 3.67. The summed E-state index contributed by atoms with van der Waals surface area (Å²) in [5, 5.41) is 2.98. The fraction of sp³-hybridized carbons (Fsp3) is 0.357. The third-order valence-electron chi connectivity index (χ3n) is 5.86. The van der Waals surface area contributed by atoms with Crippen molar-refractivity contribution in [2.45, 2.75) is 46.2 Å². The van der Waals surface area contributed by atoms with Gasteiger partial charge in [-0.05, 0) is 47.9 Å². The molecule has 3 rings (SSSR count). The Morgan fingerprint density at radius 3 is 2.29 bits per heavy atom. The Labute approximate surface area is 202 Å². The largest absolute Gasteiger partial charge is 0.467 e. The Balaban J connectivity index is 1.96. The summed E-state index contributed by atoms with van der Waals surface area (Å²) in [4.78, 5) is 30.0. The van der Waals surface area contributed by atoms with Crippen LogP contribution in [0.1, 0.15) is 50.0 Å². The van der Waals surface area contributed by atoms with Crippen molar-refractivity contribution < 1.29 is 14.0 Å². The molecule has 0 aliphatic rings. The molecule has 34 heavy (non-hydrogen) atoms. The first kappa shape index (κ1) is 25.1. The number of amides is 2. The number of carbonyl (C=O) groups excluding carboxylic acids is 2. The van der Waals surface area contributed by atoms with Crippen molar-refractivity contribution >= 4 is 23.2 Å². The molecule has 0 saturated carbocycles. The second kappa shape index (κ2) is 11.5. The zero-order valence-corrected chi connectivity index (χ0v) is 20.7. The molecule has 6 heteroatoms. The number of anilines is 2. The molecular weight excluding hydrogens is 426 g/mol. The summed E-state index contributed by atoms with van der Waals surface area (Å²) in [5.74, 6) is 0.369. The smallest absolute Gasteiger partial charge is 0.230 e. The van der Waals surface area contributed by atoms with E-state index in [0.717, 1.165) is 28.3 Å². The topological polar surface area (TPSA) is 65.8 Å². The molecule has 180 valence electrons. The summed E-state index contributed by atoms with van der Waals surface area (Å²) in [6.45, 7) is 6.52. The zero-order chi connectivity index (χ0) is 24.7. The highest BCUT2D eigenvalue weighted by atomic mass is 16.3. The molecule has 0 aliphatic carbocycles. The summed E-state index contributed by atoms with van der Waals surface area (Å²) in [7, 11) is 3.95. The minimum atomic E-state index is -0.247. The summed E-state index contributed by atoms with van der Waals surface area (Å²) < 4.78 is 5.59. The van der Waals surface area contributed by atoms with Crippen LogP contribution in [0.3, 0.4) is 0 Å². The number of nitrogens with one attached hydrogen (secondary N) is 1. The van der Waals surface area contributed by atoms with Gasteiger partial charge < -0.3 is 19.5 Å². The van der Waals surface area contributed by atoms with Crippen LogP contribution in [0.4, 0.5) is 11.4 Å². The molecule has 1 atom stereocenters. The predicted molar refractivity (Wildman–Crippen MR) is 137 cm³/mol. The SMILES string of the molecule is CC[C@H](C(=O)N(Cc1ccco1)Cc1cc(NC(=O)C(C)C)ccc1N(C)C)c1ccccc1. The molecule has 1 heterocycles. The van der Waals surface area contributed by atoms with E-state index in [0.29, 0.717) is 19.5 Å². The number of hydrogen-bond donors (Lipinski definition) is 1. The Morgan fingerprint density at radius 2 is 1.71 bits per heavy atom. The summed E-state index contributed by atoms with van der Waals surface area (Å²) in [6, 6.07) is 19.5. The van der Waals surface area contributed by atoms with E-state index >= 15 is 0 Å². The molecule has 0 spiro atoms. The molecule has 0 aliphatic heterocycles. The van der Waals surface area contributed by atoms with Gasteiger partial charge in [0.25, 0.3) is 0 Å². The standard InChI is InChI=1S/C28H35N3O3/c1-6-25(21-11-8-7-9-12-21)28(33)31(19-24-13-10-16-34-24)18-22-17-23(29-27(32)20(2)3)14-15-26(22)30(4)5/h7-17,20,25H,6,18-19H2,1-5H3,(H,29,32)/t25-/m0/s1. The van der Waals surface area contributed by atoms with Gasteiger partial charge in [-0.3, -0.25) is 9.59 Å². The Morgan fingerprint density at radius 1 is 0.971 bits per heavy atom. The minimum Gasteiger partial charge on any atom is -0.467 e. The van der Waals surface area contributed by atoms with Gasteiger partial charge in [0.2, 0.25) is 11.8 Å². The molecule has 6 nitrogen and oxygen atoms in total. The Hall–Kier alpha value is -3.54. The lowest BCUT2D eigenvalue weighted by Crippen LogP contribution is -2.34. The van der Waals surface area contributed by atoms with Gasteiger partial charge in [0.05, 0.1) is 18.7 Å². The van der Waals surface area contributed by atoms with Crippen molar-refractivity contribution in [1.29, 1.82) is 0 Å². The maximum Gasteiger partial charge on any atom is 0.230 e. The lowest BCUT2D eigenvalue weighted by atomic mass is 9.94. The van der Waals surface area contributed by atoms with E-state index in [1.807, 2.05) is 105 Å². The first-order chi connectivity index (χ1) is 16.3. The second-order valence-electron chi connectivity index (χ2n) is 9.03. The van der Waals surface area contributed by atoms with Crippen molar-refractivity contribution in [2.24, 2.45) is 5.92 Å². The lowest BCUT2D eigenvalue weighted by molar-refractivity contribution is -0.134. The van der Waals surface area contributed by atoms with Crippen molar-refractivity contribution in [2.75, 3.05) is 24.3 Å². The van der Waals surface area contributed by atoms with Crippen molar-refractivity contribution in [3.05, 3.63) is 83.8 Å². The monoisotopic (exact) mass is 461 g/mol. The molecule has 0 unspecified atom stereocenters. The van der Waals surface area contributed by atoms with E-state index in [1.54, 1.807) is 6.26 Å². The average Bonchev–Trinajstić information content (AvgIpc) is 3.33. The van der Waals surface area contributed by atoms with Gasteiger partial charge in [0, 0.05) is 37.9 Å². The number of carbonyl (C=O) groups is 2. The molecule has 0 fully saturated rings. The van der Waals surface area contributed by atoms with Crippen molar-refractivity contribution in [1.82, 2.24) is 4.90 Å². The maximum absolute atomic E-state index is 13.8. The van der Waals surface area contributed by atoms with Gasteiger partial charge >= 0.3 is 0 Å². The normalized spacial score (nSPS) is 11.8. The molecule has 0 saturated heterocycles. The van der Waals surface area contributed by atoms with Crippen LogP contribution in [0.5, 0.6) is 0 Å². The number of benzene rings is 2. The Bertz CT molecular complexity index is 1080. The molecular formula is C28H35N3O3. The minimum absolute atomic E-state index is 0.0396. The van der Waals surface area contributed by atoms with Crippen LogP contribution in [0.15, 0.2) is 71.3 Å². The zero-order valence-electron chi connectivity index (χ0n) is 20.7. The second-order valence-corrected chi connectivity index (χ2v) is 9.03. The molecule has 1 N–H and O–H groups in total. The van der Waals surface area contributed by atoms with Crippen LogP contribution < -0.4 is 10.2 Å². The number of furan rings is 1. The quantitative estimate of drug-likeness (QED) is 0.423. The van der Waals surface area contributed by atoms with E-state index in [2.05, 4.69) is 5.32 Å². The van der Waals surface area contributed by atoms with Crippen molar-refractivity contribution in [3.8, 4) is 0 Å². The maximum atomic E-state index is 13.8. The van der Waals surface area contributed by atoms with Gasteiger partial charge in [0.15, 0.2) is 0 Å². The van der Waals surface area contributed by atoms with E-state index in [4.69, 9.17) is 4.42 Å². The van der Waals surface area contributed by atoms with E-state index in [9.17, 15) is 9.59 Å². The van der Waals surface area contributed by atoms with E-state index in [1.165, 1.54) is 0 Å². The van der Waals surface area contributed by atoms with Gasteiger partial charge in [-0.25, -0.2) is 0 Å². The third kappa shape index (κ3) is 6.28. The van der Waals surface area contributed by atoms with Gasteiger partial charge in [-0.1, -0.05) is 51.1 Å². The van der Waals surface area contributed by atoms with Crippen molar-refractivity contribution in [3.63, 3.8) is 0 Å². The molecule has 1 aromatic heterocycles. The highest BCUT2D eigenvalue weighted by Crippen LogP contribution is 2.29. The predicted octanol–water partition coefficient (Wildman–Crippen LogP) is 5.66. The third-order valence-corrected chi connectivity index (χ3v) is 5.86. The summed E-state index contributed by atoms with van der Waals surface area (Å²) in [6.07, 6.45) is 2.32. The van der Waals surface area contributed by atoms with Crippen LogP contribution in [-0.2, 0) is 22.7 Å². The highest BCUT2D eigenvalue weighted by Gasteiger charge is 2.26. The Kier molecular flexibility index (Phi) is 8.52. The number of hydrogen-bond acceptors (Lipinski definition) is 4. The average molecular weight is 462 g/mol. The molecule has 2 amide bonds. The molecule has 0 radical (unpaired) electrons. The first-order valence-electron chi connectivity index (χ1n) is 11.8. The highest BCUT2D eigenvalue weighted by molar-refractivity contribution is 5.92. The molecule has 3 aromatic rings. The van der Waals surface area contributed by atoms with E-state index < -0.39 is 0 Å². The lowest BCUT2D eigenvalue weighted by Gasteiger charge is -2.29. The van der Waals surface area contributed by atoms with Gasteiger partial charge in [-0.15, -0.1) is 0 Å². The number of rotatable bonds is 10.